The van der Waals surface area contributed by atoms with Crippen molar-refractivity contribution >= 4 is 22.8 Å². The summed E-state index contributed by atoms with van der Waals surface area (Å²) in [4.78, 5) is 24.4. The Labute approximate surface area is 209 Å². The molecule has 1 heterocycles. The molecule has 0 aliphatic rings. The average molecular weight is 475 g/mol. The first-order chi connectivity index (χ1) is 17.5. The molecule has 36 heavy (non-hydrogen) atoms. The van der Waals surface area contributed by atoms with Crippen LogP contribution in [-0.4, -0.2) is 27.6 Å². The Balaban J connectivity index is 1.29. The maximum atomic E-state index is 12.7. The molecule has 1 atom stereocenters. The maximum Gasteiger partial charge on any atom is 0.326 e. The van der Waals surface area contributed by atoms with Gasteiger partial charge in [0.2, 0.25) is 0 Å². The van der Waals surface area contributed by atoms with E-state index >= 15 is 0 Å². The number of aliphatic carboxylic acids is 1. The molecule has 1 aromatic heterocycles. The summed E-state index contributed by atoms with van der Waals surface area (Å²) in [6, 6.07) is 32.3. The van der Waals surface area contributed by atoms with E-state index in [1.54, 1.807) is 12.1 Å². The van der Waals surface area contributed by atoms with Gasteiger partial charge in [0, 0.05) is 29.3 Å². The van der Waals surface area contributed by atoms with Crippen molar-refractivity contribution in [3.63, 3.8) is 0 Å². The third-order valence-electron chi connectivity index (χ3n) is 6.36. The molecule has 0 bridgehead atoms. The molecule has 0 spiro atoms. The van der Waals surface area contributed by atoms with Gasteiger partial charge in [-0.05, 0) is 66.1 Å². The number of carbonyl (C=O) groups is 2. The predicted octanol–water partition coefficient (Wildman–Crippen LogP) is 6.03. The Morgan fingerprint density at radius 3 is 2.17 bits per heavy atom. The molecule has 5 nitrogen and oxygen atoms in total. The zero-order chi connectivity index (χ0) is 25.1. The van der Waals surface area contributed by atoms with Crippen LogP contribution >= 0.6 is 0 Å². The van der Waals surface area contributed by atoms with Gasteiger partial charge in [-0.1, -0.05) is 66.2 Å². The van der Waals surface area contributed by atoms with Crippen LogP contribution in [0.1, 0.15) is 21.5 Å². The van der Waals surface area contributed by atoms with Crippen molar-refractivity contribution in [3.05, 3.63) is 126 Å². The molecule has 0 aliphatic carbocycles. The number of carbonyl (C=O) groups excluding carboxylic acids is 1. The van der Waals surface area contributed by atoms with Gasteiger partial charge in [-0.15, -0.1) is 0 Å². The molecule has 1 amide bonds. The Morgan fingerprint density at radius 2 is 1.50 bits per heavy atom. The number of nitrogens with zero attached hydrogens (tertiary/aromatic N) is 1. The summed E-state index contributed by atoms with van der Waals surface area (Å²) in [7, 11) is 0. The van der Waals surface area contributed by atoms with Crippen molar-refractivity contribution in [1.82, 2.24) is 9.88 Å². The van der Waals surface area contributed by atoms with Crippen molar-refractivity contribution in [2.75, 3.05) is 0 Å². The molecule has 0 fully saturated rings. The second kappa shape index (κ2) is 9.92. The Kier molecular flexibility index (Phi) is 6.37. The monoisotopic (exact) mass is 474 g/mol. The highest BCUT2D eigenvalue weighted by atomic mass is 16.4. The lowest BCUT2D eigenvalue weighted by atomic mass is 10.0. The summed E-state index contributed by atoms with van der Waals surface area (Å²) in [5.74, 6) is -1.47. The molecular weight excluding hydrogens is 448 g/mol. The van der Waals surface area contributed by atoms with Crippen LogP contribution in [-0.2, 0) is 11.2 Å². The predicted molar refractivity (Wildman–Crippen MR) is 142 cm³/mol. The molecule has 0 radical (unpaired) electrons. The SMILES string of the molecule is Cc1ccc2c(ccn2-c2ccc(-c3ccc(C(=O)NC(Cc4ccccc4)C(=O)O)cc3)cc2)c1. The number of hydrogen-bond donors (Lipinski definition) is 2. The summed E-state index contributed by atoms with van der Waals surface area (Å²) < 4.78 is 2.17. The van der Waals surface area contributed by atoms with Crippen LogP contribution in [0.3, 0.4) is 0 Å². The normalized spacial score (nSPS) is 11.8. The van der Waals surface area contributed by atoms with Crippen LogP contribution in [0.4, 0.5) is 0 Å². The highest BCUT2D eigenvalue weighted by Crippen LogP contribution is 2.25. The smallest absolute Gasteiger partial charge is 0.326 e. The molecule has 0 saturated heterocycles. The standard InChI is InChI=1S/C31H26N2O3/c1-21-7-16-29-26(19-21)17-18-33(29)27-14-12-24(13-15-27)23-8-10-25(11-9-23)30(34)32-28(31(35)36)20-22-5-3-2-4-6-22/h2-19,28H,20H2,1H3,(H,32,34)(H,35,36). The molecule has 178 valence electrons. The Hall–Kier alpha value is -4.64. The van der Waals surface area contributed by atoms with E-state index in [4.69, 9.17) is 0 Å². The molecule has 5 heteroatoms. The van der Waals surface area contributed by atoms with E-state index in [1.165, 1.54) is 10.9 Å². The van der Waals surface area contributed by atoms with Gasteiger partial charge in [-0.2, -0.15) is 0 Å². The number of amides is 1. The number of carboxylic acids is 1. The molecule has 0 saturated carbocycles. The van der Waals surface area contributed by atoms with Crippen molar-refractivity contribution < 1.29 is 14.7 Å². The molecule has 2 N–H and O–H groups in total. The highest BCUT2D eigenvalue weighted by molar-refractivity contribution is 5.97. The fourth-order valence-corrected chi connectivity index (χ4v) is 4.41. The molecule has 4 aromatic carbocycles. The number of hydrogen-bond acceptors (Lipinski definition) is 2. The average Bonchev–Trinajstić information content (AvgIpc) is 3.32. The van der Waals surface area contributed by atoms with Gasteiger partial charge in [-0.25, -0.2) is 4.79 Å². The summed E-state index contributed by atoms with van der Waals surface area (Å²) in [6.07, 6.45) is 2.30. The fourth-order valence-electron chi connectivity index (χ4n) is 4.41. The minimum atomic E-state index is -1.06. The van der Waals surface area contributed by atoms with E-state index < -0.39 is 17.9 Å². The molecule has 5 aromatic rings. The minimum absolute atomic E-state index is 0.225. The van der Waals surface area contributed by atoms with Crippen molar-refractivity contribution in [2.45, 2.75) is 19.4 Å². The lowest BCUT2D eigenvalue weighted by Crippen LogP contribution is -2.42. The zero-order valence-corrected chi connectivity index (χ0v) is 19.9. The van der Waals surface area contributed by atoms with Gasteiger partial charge in [0.15, 0.2) is 0 Å². The van der Waals surface area contributed by atoms with Crippen LogP contribution in [0, 0.1) is 6.92 Å². The van der Waals surface area contributed by atoms with Crippen LogP contribution < -0.4 is 5.32 Å². The number of aryl methyl sites for hydroxylation is 1. The fraction of sp³-hybridized carbons (Fsp3) is 0.0968. The second-order valence-corrected chi connectivity index (χ2v) is 8.93. The molecule has 1 unspecified atom stereocenters. The van der Waals surface area contributed by atoms with Gasteiger partial charge in [0.05, 0.1) is 5.52 Å². The lowest BCUT2D eigenvalue weighted by molar-refractivity contribution is -0.139. The second-order valence-electron chi connectivity index (χ2n) is 8.93. The number of nitrogens with one attached hydrogen (secondary N) is 1. The van der Waals surface area contributed by atoms with Crippen molar-refractivity contribution in [2.24, 2.45) is 0 Å². The number of carboxylic acid groups (broad SMARTS) is 1. The summed E-state index contributed by atoms with van der Waals surface area (Å²) in [5.41, 5.74) is 6.76. The third kappa shape index (κ3) is 4.91. The zero-order valence-electron chi connectivity index (χ0n) is 19.9. The number of aromatic nitrogens is 1. The van der Waals surface area contributed by atoms with E-state index in [0.29, 0.717) is 5.56 Å². The molecule has 0 aliphatic heterocycles. The van der Waals surface area contributed by atoms with Gasteiger partial charge in [-0.3, -0.25) is 4.79 Å². The van der Waals surface area contributed by atoms with Crippen molar-refractivity contribution in [3.8, 4) is 16.8 Å². The number of fused-ring (bicyclic) bond motifs is 1. The Bertz CT molecular complexity index is 1520. The van der Waals surface area contributed by atoms with Gasteiger partial charge in [0.25, 0.3) is 5.91 Å². The van der Waals surface area contributed by atoms with E-state index in [-0.39, 0.29) is 6.42 Å². The van der Waals surface area contributed by atoms with Gasteiger partial charge >= 0.3 is 5.97 Å². The number of rotatable bonds is 7. The summed E-state index contributed by atoms with van der Waals surface area (Å²) >= 11 is 0. The maximum absolute atomic E-state index is 12.7. The Morgan fingerprint density at radius 1 is 0.833 bits per heavy atom. The van der Waals surface area contributed by atoms with Crippen molar-refractivity contribution in [1.29, 1.82) is 0 Å². The van der Waals surface area contributed by atoms with Crippen LogP contribution in [0.2, 0.25) is 0 Å². The van der Waals surface area contributed by atoms with Crippen LogP contribution in [0.15, 0.2) is 109 Å². The quantitative estimate of drug-likeness (QED) is 0.302. The summed E-state index contributed by atoms with van der Waals surface area (Å²) in [5, 5.41) is 13.4. The topological polar surface area (TPSA) is 71.3 Å². The largest absolute Gasteiger partial charge is 0.480 e. The number of benzene rings is 4. The van der Waals surface area contributed by atoms with Gasteiger partial charge < -0.3 is 15.0 Å². The minimum Gasteiger partial charge on any atom is -0.480 e. The third-order valence-corrected chi connectivity index (χ3v) is 6.36. The lowest BCUT2D eigenvalue weighted by Gasteiger charge is -2.15. The van der Waals surface area contributed by atoms with E-state index in [1.807, 2.05) is 42.5 Å². The molecular formula is C31H26N2O3. The first kappa shape index (κ1) is 23.1. The summed E-state index contributed by atoms with van der Waals surface area (Å²) in [6.45, 7) is 2.09. The first-order valence-electron chi connectivity index (χ1n) is 11.8. The van der Waals surface area contributed by atoms with Crippen LogP contribution in [0.25, 0.3) is 27.7 Å². The molecule has 5 rings (SSSR count). The van der Waals surface area contributed by atoms with Crippen LogP contribution in [0.5, 0.6) is 0 Å². The van der Waals surface area contributed by atoms with E-state index in [2.05, 4.69) is 71.5 Å². The van der Waals surface area contributed by atoms with E-state index in [0.717, 1.165) is 27.9 Å². The highest BCUT2D eigenvalue weighted by Gasteiger charge is 2.21. The van der Waals surface area contributed by atoms with Gasteiger partial charge in [0.1, 0.15) is 6.04 Å². The first-order valence-corrected chi connectivity index (χ1v) is 11.8. The van der Waals surface area contributed by atoms with E-state index in [9.17, 15) is 14.7 Å².